The van der Waals surface area contributed by atoms with Crippen LogP contribution in [-0.2, 0) is 0 Å². The van der Waals surface area contributed by atoms with Gasteiger partial charge in [-0.05, 0) is 51.3 Å². The third kappa shape index (κ3) is 2.80. The molecule has 0 amide bonds. The van der Waals surface area contributed by atoms with Crippen molar-refractivity contribution in [2.75, 3.05) is 7.05 Å². The summed E-state index contributed by atoms with van der Waals surface area (Å²) in [5.41, 5.74) is 5.82. The Bertz CT molecular complexity index is 479. The lowest BCUT2D eigenvalue weighted by atomic mass is 9.89. The van der Waals surface area contributed by atoms with Crippen molar-refractivity contribution < 1.29 is 0 Å². The topological polar surface area (TPSA) is 40.2 Å². The number of nitrogens with one attached hydrogen (secondary N) is 2. The van der Waals surface area contributed by atoms with Crippen molar-refractivity contribution in [2.24, 2.45) is 0 Å². The van der Waals surface area contributed by atoms with E-state index < -0.39 is 0 Å². The Morgan fingerprint density at radius 1 is 1.50 bits per heavy atom. The van der Waals surface area contributed by atoms with E-state index in [-0.39, 0.29) is 11.6 Å². The van der Waals surface area contributed by atoms with Gasteiger partial charge < -0.3 is 5.32 Å². The van der Waals surface area contributed by atoms with Gasteiger partial charge in [0.05, 0.1) is 17.3 Å². The van der Waals surface area contributed by atoms with Crippen LogP contribution in [0.4, 0.5) is 0 Å². The number of hydrazine groups is 1. The summed E-state index contributed by atoms with van der Waals surface area (Å²) in [6.45, 7) is 8.91. The van der Waals surface area contributed by atoms with Gasteiger partial charge in [0, 0.05) is 13.2 Å². The van der Waals surface area contributed by atoms with Crippen molar-refractivity contribution in [3.05, 3.63) is 41.5 Å². The second kappa shape index (κ2) is 5.83. The molecular formula is C16H26N4. The Hall–Kier alpha value is -1.55. The van der Waals surface area contributed by atoms with Crippen LogP contribution in [0.1, 0.15) is 52.3 Å². The van der Waals surface area contributed by atoms with Crippen molar-refractivity contribution in [1.82, 2.24) is 20.7 Å². The zero-order valence-electron chi connectivity index (χ0n) is 13.2. The van der Waals surface area contributed by atoms with E-state index in [1.807, 2.05) is 19.3 Å². The van der Waals surface area contributed by atoms with Gasteiger partial charge in [-0.25, -0.2) is 5.43 Å². The van der Waals surface area contributed by atoms with Crippen LogP contribution in [0.3, 0.4) is 0 Å². The molecule has 2 rings (SSSR count). The molecule has 1 unspecified atom stereocenters. The Morgan fingerprint density at radius 3 is 2.80 bits per heavy atom. The normalized spacial score (nSPS) is 24.2. The summed E-state index contributed by atoms with van der Waals surface area (Å²) in [6.07, 6.45) is 3.90. The molecule has 1 aliphatic rings. The van der Waals surface area contributed by atoms with E-state index >= 15 is 0 Å². The van der Waals surface area contributed by atoms with Gasteiger partial charge in [-0.3, -0.25) is 9.99 Å². The molecule has 1 fully saturated rings. The number of hydrogen-bond acceptors (Lipinski definition) is 4. The first-order chi connectivity index (χ1) is 9.49. The molecule has 4 nitrogen and oxygen atoms in total. The van der Waals surface area contributed by atoms with E-state index in [4.69, 9.17) is 0 Å². The molecule has 2 N–H and O–H groups in total. The molecular weight excluding hydrogens is 248 g/mol. The average Bonchev–Trinajstić information content (AvgIpc) is 2.45. The Balaban J connectivity index is 2.37. The summed E-state index contributed by atoms with van der Waals surface area (Å²) < 4.78 is 0. The van der Waals surface area contributed by atoms with Gasteiger partial charge in [0.15, 0.2) is 0 Å². The standard InChI is InChI=1S/C16H26N4/c1-6-12(2)15-19-14(13-9-7-8-10-18-13)11-16(3,4)20(15)17-5/h7-10,14,17,19H,6,11H2,1-5H3/b15-12+. The highest BCUT2D eigenvalue weighted by Crippen LogP contribution is 2.35. The average molecular weight is 274 g/mol. The van der Waals surface area contributed by atoms with Crippen LogP contribution < -0.4 is 10.7 Å². The summed E-state index contributed by atoms with van der Waals surface area (Å²) in [4.78, 5) is 4.51. The van der Waals surface area contributed by atoms with Crippen molar-refractivity contribution in [3.63, 3.8) is 0 Å². The first-order valence-electron chi connectivity index (χ1n) is 7.34. The van der Waals surface area contributed by atoms with Crippen LogP contribution >= 0.6 is 0 Å². The van der Waals surface area contributed by atoms with Crippen LogP contribution in [0.2, 0.25) is 0 Å². The molecule has 4 heteroatoms. The van der Waals surface area contributed by atoms with Gasteiger partial charge in [0.25, 0.3) is 0 Å². The molecule has 0 aliphatic carbocycles. The van der Waals surface area contributed by atoms with Crippen molar-refractivity contribution >= 4 is 0 Å². The molecule has 0 aromatic carbocycles. The number of rotatable bonds is 3. The molecule has 0 radical (unpaired) electrons. The Morgan fingerprint density at radius 2 is 2.25 bits per heavy atom. The van der Waals surface area contributed by atoms with E-state index in [0.717, 1.165) is 18.5 Å². The fourth-order valence-electron chi connectivity index (χ4n) is 2.83. The molecule has 20 heavy (non-hydrogen) atoms. The first-order valence-corrected chi connectivity index (χ1v) is 7.34. The van der Waals surface area contributed by atoms with E-state index in [1.165, 1.54) is 11.4 Å². The summed E-state index contributed by atoms with van der Waals surface area (Å²) in [5.74, 6) is 1.18. The maximum absolute atomic E-state index is 4.51. The summed E-state index contributed by atoms with van der Waals surface area (Å²) >= 11 is 0. The van der Waals surface area contributed by atoms with Crippen molar-refractivity contribution in [2.45, 2.75) is 52.1 Å². The highest BCUT2D eigenvalue weighted by atomic mass is 15.6. The molecule has 1 aliphatic heterocycles. The predicted molar refractivity (Wildman–Crippen MR) is 82.7 cm³/mol. The van der Waals surface area contributed by atoms with E-state index in [0.29, 0.717) is 0 Å². The van der Waals surface area contributed by atoms with E-state index in [2.05, 4.69) is 60.6 Å². The van der Waals surface area contributed by atoms with Gasteiger partial charge in [0.1, 0.15) is 5.82 Å². The van der Waals surface area contributed by atoms with Crippen molar-refractivity contribution in [1.29, 1.82) is 0 Å². The van der Waals surface area contributed by atoms with Crippen LogP contribution in [0, 0.1) is 0 Å². The SMILES string of the molecule is CC/C(C)=C1\NC(c2ccccn2)CC(C)(C)N1NC. The lowest BCUT2D eigenvalue weighted by Gasteiger charge is -2.49. The van der Waals surface area contributed by atoms with E-state index in [1.54, 1.807) is 0 Å². The monoisotopic (exact) mass is 274 g/mol. The molecule has 0 saturated carbocycles. The summed E-state index contributed by atoms with van der Waals surface area (Å²) in [5, 5.41) is 5.90. The number of nitrogens with zero attached hydrogens (tertiary/aromatic N) is 2. The van der Waals surface area contributed by atoms with Crippen LogP contribution in [-0.4, -0.2) is 22.6 Å². The minimum absolute atomic E-state index is 0.0357. The van der Waals surface area contributed by atoms with Crippen molar-refractivity contribution in [3.8, 4) is 0 Å². The molecule has 0 bridgehead atoms. The predicted octanol–water partition coefficient (Wildman–Crippen LogP) is 2.97. The molecule has 2 heterocycles. The van der Waals surface area contributed by atoms with Gasteiger partial charge in [-0.15, -0.1) is 0 Å². The molecule has 110 valence electrons. The first kappa shape index (κ1) is 14.9. The highest BCUT2D eigenvalue weighted by Gasteiger charge is 2.38. The van der Waals surface area contributed by atoms with Gasteiger partial charge >= 0.3 is 0 Å². The minimum atomic E-state index is 0.0357. The number of allylic oxidation sites excluding steroid dienone is 1. The van der Waals surface area contributed by atoms with Gasteiger partial charge in [-0.1, -0.05) is 13.0 Å². The minimum Gasteiger partial charge on any atom is -0.362 e. The Labute approximate surface area is 122 Å². The second-order valence-electron chi connectivity index (χ2n) is 6.01. The maximum Gasteiger partial charge on any atom is 0.116 e. The molecule has 1 aromatic heterocycles. The zero-order chi connectivity index (χ0) is 14.8. The molecule has 1 atom stereocenters. The third-order valence-electron chi connectivity index (χ3n) is 4.05. The van der Waals surface area contributed by atoms with Crippen LogP contribution in [0.25, 0.3) is 0 Å². The number of hydrogen-bond donors (Lipinski definition) is 2. The fraction of sp³-hybridized carbons (Fsp3) is 0.562. The molecule has 0 spiro atoms. The number of aromatic nitrogens is 1. The lowest BCUT2D eigenvalue weighted by Crippen LogP contribution is -2.58. The van der Waals surface area contributed by atoms with Gasteiger partial charge in [0.2, 0.25) is 0 Å². The largest absolute Gasteiger partial charge is 0.362 e. The summed E-state index contributed by atoms with van der Waals surface area (Å²) in [7, 11) is 1.98. The van der Waals surface area contributed by atoms with E-state index in [9.17, 15) is 0 Å². The fourth-order valence-corrected chi connectivity index (χ4v) is 2.83. The third-order valence-corrected chi connectivity index (χ3v) is 4.05. The maximum atomic E-state index is 4.51. The zero-order valence-corrected chi connectivity index (χ0v) is 13.2. The molecule has 1 saturated heterocycles. The van der Waals surface area contributed by atoms with Gasteiger partial charge in [-0.2, -0.15) is 0 Å². The van der Waals surface area contributed by atoms with Crippen LogP contribution in [0.5, 0.6) is 0 Å². The second-order valence-corrected chi connectivity index (χ2v) is 6.01. The number of pyridine rings is 1. The smallest absolute Gasteiger partial charge is 0.116 e. The molecule has 1 aromatic rings. The Kier molecular flexibility index (Phi) is 4.33. The highest BCUT2D eigenvalue weighted by molar-refractivity contribution is 5.20. The lowest BCUT2D eigenvalue weighted by molar-refractivity contribution is 0.0498. The quantitative estimate of drug-likeness (QED) is 0.889. The summed E-state index contributed by atoms with van der Waals surface area (Å²) in [6, 6.07) is 6.37. The van der Waals surface area contributed by atoms with Crippen LogP contribution in [0.15, 0.2) is 35.8 Å².